The maximum absolute atomic E-state index is 12.9. The molecular weight excluding hydrogens is 901 g/mol. The highest BCUT2D eigenvalue weighted by Gasteiger charge is 2.19. The normalized spacial score (nSPS) is 12.4. The molecule has 0 radical (unpaired) electrons. The summed E-state index contributed by atoms with van der Waals surface area (Å²) in [7, 11) is 0. The summed E-state index contributed by atoms with van der Waals surface area (Å²) in [4.78, 5) is 38.3. The Morgan fingerprint density at radius 3 is 0.863 bits per heavy atom. The lowest BCUT2D eigenvalue weighted by Gasteiger charge is -2.18. The summed E-state index contributed by atoms with van der Waals surface area (Å²) in [5.41, 5.74) is 0. The lowest BCUT2D eigenvalue weighted by atomic mass is 10.0. The first-order valence-corrected chi connectivity index (χ1v) is 31.8. The molecule has 0 saturated heterocycles. The van der Waals surface area contributed by atoms with Crippen LogP contribution in [-0.4, -0.2) is 37.2 Å². The second-order valence-corrected chi connectivity index (χ2v) is 21.3. The fourth-order valence-corrected chi connectivity index (χ4v) is 9.20. The van der Waals surface area contributed by atoms with Crippen LogP contribution in [0.15, 0.2) is 60.8 Å². The molecule has 0 aromatic carbocycles. The highest BCUT2D eigenvalue weighted by Crippen LogP contribution is 2.17. The molecule has 424 valence electrons. The summed E-state index contributed by atoms with van der Waals surface area (Å²) in [6, 6.07) is 0. The number of carbonyl (C=O) groups excluding carboxylic acids is 3. The predicted octanol–water partition coefficient (Wildman–Crippen LogP) is 21.6. The van der Waals surface area contributed by atoms with Crippen molar-refractivity contribution in [2.45, 2.75) is 335 Å². The minimum absolute atomic E-state index is 0.0886. The lowest BCUT2D eigenvalue weighted by molar-refractivity contribution is -0.167. The van der Waals surface area contributed by atoms with Gasteiger partial charge in [0.25, 0.3) is 0 Å². The molecule has 6 heteroatoms. The molecule has 0 aliphatic rings. The van der Waals surface area contributed by atoms with Crippen LogP contribution in [0.25, 0.3) is 0 Å². The Labute approximate surface area is 453 Å². The van der Waals surface area contributed by atoms with Crippen LogP contribution in [0.3, 0.4) is 0 Å². The van der Waals surface area contributed by atoms with E-state index >= 15 is 0 Å². The average molecular weight is 1020 g/mol. The number of esters is 3. The molecule has 0 aromatic heterocycles. The molecule has 0 spiro atoms. The van der Waals surface area contributed by atoms with Gasteiger partial charge in [0.05, 0.1) is 0 Å². The maximum atomic E-state index is 12.9. The number of hydrogen-bond donors (Lipinski definition) is 0. The van der Waals surface area contributed by atoms with Crippen LogP contribution in [0.1, 0.15) is 329 Å². The molecule has 0 N–H and O–H groups in total. The molecule has 0 bridgehead atoms. The van der Waals surface area contributed by atoms with E-state index in [0.29, 0.717) is 19.3 Å². The molecule has 0 fully saturated rings. The average Bonchev–Trinajstić information content (AvgIpc) is 3.39. The zero-order chi connectivity index (χ0) is 52.9. The fourth-order valence-electron chi connectivity index (χ4n) is 9.20. The van der Waals surface area contributed by atoms with Crippen LogP contribution in [0.4, 0.5) is 0 Å². The van der Waals surface area contributed by atoms with Crippen LogP contribution in [0, 0.1) is 0 Å². The zero-order valence-corrected chi connectivity index (χ0v) is 48.7. The third kappa shape index (κ3) is 59.9. The third-order valence-electron chi connectivity index (χ3n) is 14.0. The largest absolute Gasteiger partial charge is 0.462 e. The van der Waals surface area contributed by atoms with Crippen LogP contribution in [0.2, 0.25) is 0 Å². The van der Waals surface area contributed by atoms with Crippen LogP contribution < -0.4 is 0 Å². The van der Waals surface area contributed by atoms with Gasteiger partial charge in [-0.3, -0.25) is 14.4 Å². The molecule has 1 atom stereocenters. The molecule has 73 heavy (non-hydrogen) atoms. The van der Waals surface area contributed by atoms with E-state index in [1.807, 2.05) is 0 Å². The van der Waals surface area contributed by atoms with Crippen molar-refractivity contribution >= 4 is 17.9 Å². The van der Waals surface area contributed by atoms with E-state index in [-0.39, 0.29) is 37.5 Å². The summed E-state index contributed by atoms with van der Waals surface area (Å²) < 4.78 is 16.9. The summed E-state index contributed by atoms with van der Waals surface area (Å²) >= 11 is 0. The van der Waals surface area contributed by atoms with Gasteiger partial charge in [-0.15, -0.1) is 0 Å². The molecule has 6 nitrogen and oxygen atoms in total. The van der Waals surface area contributed by atoms with E-state index in [4.69, 9.17) is 14.2 Å². The van der Waals surface area contributed by atoms with Gasteiger partial charge in [-0.2, -0.15) is 0 Å². The quantitative estimate of drug-likeness (QED) is 0.0261. The Morgan fingerprint density at radius 2 is 0.507 bits per heavy atom. The highest BCUT2D eigenvalue weighted by molar-refractivity contribution is 5.71. The first kappa shape index (κ1) is 70.1. The highest BCUT2D eigenvalue weighted by atomic mass is 16.6. The van der Waals surface area contributed by atoms with E-state index in [1.54, 1.807) is 0 Å². The van der Waals surface area contributed by atoms with Gasteiger partial charge in [-0.25, -0.2) is 0 Å². The van der Waals surface area contributed by atoms with Gasteiger partial charge in [0, 0.05) is 19.3 Å². The van der Waals surface area contributed by atoms with Crippen LogP contribution in [-0.2, 0) is 28.6 Å². The van der Waals surface area contributed by atoms with Crippen molar-refractivity contribution in [2.24, 2.45) is 0 Å². The van der Waals surface area contributed by atoms with Gasteiger partial charge in [-0.1, -0.05) is 287 Å². The van der Waals surface area contributed by atoms with Gasteiger partial charge in [0.1, 0.15) is 13.2 Å². The van der Waals surface area contributed by atoms with E-state index in [9.17, 15) is 14.4 Å². The van der Waals surface area contributed by atoms with Crippen molar-refractivity contribution in [3.63, 3.8) is 0 Å². The first-order valence-electron chi connectivity index (χ1n) is 31.8. The Bertz CT molecular complexity index is 1310. The minimum atomic E-state index is -0.796. The maximum Gasteiger partial charge on any atom is 0.306 e. The van der Waals surface area contributed by atoms with Crippen molar-refractivity contribution < 1.29 is 28.6 Å². The Morgan fingerprint density at radius 1 is 0.274 bits per heavy atom. The van der Waals surface area contributed by atoms with Crippen molar-refractivity contribution in [3.8, 4) is 0 Å². The van der Waals surface area contributed by atoms with E-state index in [0.717, 1.165) is 64.2 Å². The van der Waals surface area contributed by atoms with Crippen LogP contribution >= 0.6 is 0 Å². The van der Waals surface area contributed by atoms with Gasteiger partial charge < -0.3 is 14.2 Å². The SMILES string of the molecule is CCCCC/C=C\C/C=C\C/C=C\C/C=C\CCCC(=O)OC[C@H](COC(=O)CCCCCCCCCCCCCCCCCCCCC)OC(=O)CCCCCCCCCCC/C=C\CCCCCCCC. The fraction of sp³-hybridized carbons (Fsp3) is 0.806. The second-order valence-electron chi connectivity index (χ2n) is 21.3. The number of rotatable bonds is 58. The molecular formula is C67H120O6. The Hall–Kier alpha value is -2.89. The standard InChI is InChI=1S/C67H120O6/c1-4-7-10-13-16-19-22-25-28-31-33-36-39-42-45-48-51-54-57-60-66(69)72-63-64(62-71-65(68)59-56-53-50-47-44-41-38-35-30-27-24-21-18-15-12-9-6-3)73-67(70)61-58-55-52-49-46-43-40-37-34-32-29-26-23-20-17-14-11-8-5-2/h18,21,26-27,29-30,38,41,47,50,64H,4-17,19-20,22-25,28,31-37,39-40,42-46,48-49,51-63H2,1-3H3/b21-18-,29-26-,30-27-,41-38-,50-47-/t64-/m1/s1. The number of carbonyl (C=O) groups is 3. The van der Waals surface area contributed by atoms with Crippen molar-refractivity contribution in [2.75, 3.05) is 13.2 Å². The molecule has 0 aromatic rings. The van der Waals surface area contributed by atoms with Gasteiger partial charge in [-0.05, 0) is 83.5 Å². The molecule has 0 unspecified atom stereocenters. The lowest BCUT2D eigenvalue weighted by Crippen LogP contribution is -2.30. The third-order valence-corrected chi connectivity index (χ3v) is 14.0. The van der Waals surface area contributed by atoms with Crippen molar-refractivity contribution in [1.82, 2.24) is 0 Å². The summed E-state index contributed by atoms with van der Waals surface area (Å²) in [5, 5.41) is 0. The number of allylic oxidation sites excluding steroid dienone is 10. The van der Waals surface area contributed by atoms with Crippen LogP contribution in [0.5, 0.6) is 0 Å². The zero-order valence-electron chi connectivity index (χ0n) is 48.7. The second kappa shape index (κ2) is 61.7. The molecule has 0 aliphatic carbocycles. The van der Waals surface area contributed by atoms with Gasteiger partial charge in [0.15, 0.2) is 6.10 Å². The summed E-state index contributed by atoms with van der Waals surface area (Å²) in [5.74, 6) is -0.931. The molecule has 0 heterocycles. The van der Waals surface area contributed by atoms with Crippen molar-refractivity contribution in [3.05, 3.63) is 60.8 Å². The van der Waals surface area contributed by atoms with E-state index in [1.165, 1.54) is 218 Å². The molecule has 0 saturated carbocycles. The minimum Gasteiger partial charge on any atom is -0.462 e. The van der Waals surface area contributed by atoms with Gasteiger partial charge in [0.2, 0.25) is 0 Å². The summed E-state index contributed by atoms with van der Waals surface area (Å²) in [6.45, 7) is 6.61. The van der Waals surface area contributed by atoms with Gasteiger partial charge >= 0.3 is 17.9 Å². The summed E-state index contributed by atoms with van der Waals surface area (Å²) in [6.07, 6.45) is 78.0. The predicted molar refractivity (Wildman–Crippen MR) is 316 cm³/mol. The Balaban J connectivity index is 4.41. The molecule has 0 amide bonds. The van der Waals surface area contributed by atoms with E-state index in [2.05, 4.69) is 81.5 Å². The van der Waals surface area contributed by atoms with Crippen molar-refractivity contribution in [1.29, 1.82) is 0 Å². The molecule has 0 rings (SSSR count). The topological polar surface area (TPSA) is 78.9 Å². The smallest absolute Gasteiger partial charge is 0.306 e. The number of hydrogen-bond acceptors (Lipinski definition) is 6. The first-order chi connectivity index (χ1) is 36.0. The monoisotopic (exact) mass is 1020 g/mol. The Kier molecular flexibility index (Phi) is 59.2. The molecule has 0 aliphatic heterocycles. The number of unbranched alkanes of at least 4 members (excludes halogenated alkanes) is 37. The van der Waals surface area contributed by atoms with E-state index < -0.39 is 6.10 Å². The number of ether oxygens (including phenoxy) is 3.